The predicted octanol–water partition coefficient (Wildman–Crippen LogP) is 2.04. The molecule has 2 unspecified atom stereocenters. The lowest BCUT2D eigenvalue weighted by molar-refractivity contribution is 0.0723. The first-order valence-electron chi connectivity index (χ1n) is 5.06. The molecule has 3 heteroatoms. The summed E-state index contributed by atoms with van der Waals surface area (Å²) >= 11 is 0. The van der Waals surface area contributed by atoms with Crippen molar-refractivity contribution in [2.24, 2.45) is 0 Å². The van der Waals surface area contributed by atoms with Gasteiger partial charge in [-0.3, -0.25) is 4.79 Å². The maximum Gasteiger partial charge on any atom is 0.166 e. The highest BCUT2D eigenvalue weighted by Gasteiger charge is 2.24. The van der Waals surface area contributed by atoms with Crippen molar-refractivity contribution in [3.05, 3.63) is 24.0 Å². The first-order valence-corrected chi connectivity index (χ1v) is 5.06. The first-order chi connectivity index (χ1) is 6.83. The van der Waals surface area contributed by atoms with E-state index in [0.717, 1.165) is 31.4 Å². The zero-order valence-electron chi connectivity index (χ0n) is 8.35. The van der Waals surface area contributed by atoms with Crippen molar-refractivity contribution in [1.82, 2.24) is 4.57 Å². The van der Waals surface area contributed by atoms with Crippen LogP contribution in [0.15, 0.2) is 18.3 Å². The van der Waals surface area contributed by atoms with Crippen molar-refractivity contribution >= 4 is 6.29 Å². The lowest BCUT2D eigenvalue weighted by atomic mass is 10.1. The van der Waals surface area contributed by atoms with Gasteiger partial charge in [-0.15, -0.1) is 0 Å². The van der Waals surface area contributed by atoms with E-state index in [9.17, 15) is 4.79 Å². The summed E-state index contributed by atoms with van der Waals surface area (Å²) in [6.45, 7) is 2.95. The molecule has 0 aliphatic carbocycles. The van der Waals surface area contributed by atoms with Crippen LogP contribution in [0.3, 0.4) is 0 Å². The maximum atomic E-state index is 10.7. The number of hydrogen-bond donors (Lipinski definition) is 0. The molecule has 2 heterocycles. The van der Waals surface area contributed by atoms with Crippen LogP contribution in [-0.2, 0) is 4.74 Å². The normalized spacial score (nSPS) is 23.6. The van der Waals surface area contributed by atoms with E-state index in [-0.39, 0.29) is 12.1 Å². The van der Waals surface area contributed by atoms with Crippen LogP contribution in [0.25, 0.3) is 0 Å². The molecule has 0 amide bonds. The second kappa shape index (κ2) is 3.96. The van der Waals surface area contributed by atoms with Crippen LogP contribution in [0, 0.1) is 0 Å². The minimum absolute atomic E-state index is 0.257. The summed E-state index contributed by atoms with van der Waals surface area (Å²) in [5.74, 6) is 0. The number of carbonyl (C=O) groups excluding carboxylic acids is 1. The standard InChI is InChI=1S/C11H15NO2/c1-9(11-5-3-7-14-11)12-6-2-4-10(12)8-13/h2,4,6,8-9,11H,3,5,7H2,1H3. The Morgan fingerprint density at radius 2 is 2.57 bits per heavy atom. The SMILES string of the molecule is CC(C1CCCO1)n1cccc1C=O. The minimum Gasteiger partial charge on any atom is -0.376 e. The molecule has 1 fully saturated rings. The summed E-state index contributed by atoms with van der Waals surface area (Å²) in [7, 11) is 0. The fourth-order valence-corrected chi connectivity index (χ4v) is 2.04. The average Bonchev–Trinajstić information content (AvgIpc) is 2.87. The third kappa shape index (κ3) is 1.60. The number of nitrogens with zero attached hydrogens (tertiary/aromatic N) is 1. The van der Waals surface area contributed by atoms with Crippen molar-refractivity contribution in [2.75, 3.05) is 6.61 Å². The van der Waals surface area contributed by atoms with Gasteiger partial charge in [-0.25, -0.2) is 0 Å². The topological polar surface area (TPSA) is 31.2 Å². The Kier molecular flexibility index (Phi) is 2.68. The monoisotopic (exact) mass is 193 g/mol. The molecule has 0 aromatic carbocycles. The van der Waals surface area contributed by atoms with Gasteiger partial charge in [-0.2, -0.15) is 0 Å². The first kappa shape index (κ1) is 9.46. The molecule has 0 bridgehead atoms. The van der Waals surface area contributed by atoms with Gasteiger partial charge in [0.1, 0.15) is 0 Å². The summed E-state index contributed by atoms with van der Waals surface area (Å²) in [5.41, 5.74) is 0.730. The number of carbonyl (C=O) groups is 1. The van der Waals surface area contributed by atoms with E-state index in [1.165, 1.54) is 0 Å². The molecule has 14 heavy (non-hydrogen) atoms. The Morgan fingerprint density at radius 3 is 3.21 bits per heavy atom. The molecule has 0 radical (unpaired) electrons. The van der Waals surface area contributed by atoms with E-state index in [0.29, 0.717) is 0 Å². The molecule has 2 atom stereocenters. The summed E-state index contributed by atoms with van der Waals surface area (Å²) in [5, 5.41) is 0. The van der Waals surface area contributed by atoms with E-state index in [2.05, 4.69) is 6.92 Å². The van der Waals surface area contributed by atoms with Crippen LogP contribution < -0.4 is 0 Å². The van der Waals surface area contributed by atoms with Crippen LogP contribution in [0.5, 0.6) is 0 Å². The lowest BCUT2D eigenvalue weighted by Gasteiger charge is -2.21. The highest BCUT2D eigenvalue weighted by molar-refractivity contribution is 5.72. The van der Waals surface area contributed by atoms with Crippen molar-refractivity contribution in [1.29, 1.82) is 0 Å². The zero-order chi connectivity index (χ0) is 9.97. The van der Waals surface area contributed by atoms with Gasteiger partial charge in [0.15, 0.2) is 6.29 Å². The van der Waals surface area contributed by atoms with Gasteiger partial charge in [-0.1, -0.05) is 0 Å². The van der Waals surface area contributed by atoms with Gasteiger partial charge in [0, 0.05) is 12.8 Å². The molecule has 3 nitrogen and oxygen atoms in total. The molecule has 1 aromatic heterocycles. The zero-order valence-corrected chi connectivity index (χ0v) is 8.35. The highest BCUT2D eigenvalue weighted by atomic mass is 16.5. The van der Waals surface area contributed by atoms with Crippen LogP contribution in [0.1, 0.15) is 36.3 Å². The number of ether oxygens (including phenoxy) is 1. The molecule has 0 saturated carbocycles. The van der Waals surface area contributed by atoms with E-state index in [4.69, 9.17) is 4.74 Å². The van der Waals surface area contributed by atoms with E-state index in [1.54, 1.807) is 0 Å². The predicted molar refractivity (Wildman–Crippen MR) is 53.5 cm³/mol. The fraction of sp³-hybridized carbons (Fsp3) is 0.545. The lowest BCUT2D eigenvalue weighted by Crippen LogP contribution is -2.21. The van der Waals surface area contributed by atoms with Gasteiger partial charge in [0.2, 0.25) is 0 Å². The molecule has 0 spiro atoms. The average molecular weight is 193 g/mol. The summed E-state index contributed by atoms with van der Waals surface area (Å²) in [6, 6.07) is 3.99. The molecule has 1 saturated heterocycles. The molecular formula is C11H15NO2. The number of aromatic nitrogens is 1. The van der Waals surface area contributed by atoms with Crippen molar-refractivity contribution < 1.29 is 9.53 Å². The third-order valence-corrected chi connectivity index (χ3v) is 2.87. The number of aldehydes is 1. The molecular weight excluding hydrogens is 178 g/mol. The van der Waals surface area contributed by atoms with Crippen LogP contribution in [-0.4, -0.2) is 23.6 Å². The van der Waals surface area contributed by atoms with Crippen molar-refractivity contribution in [2.45, 2.75) is 31.9 Å². The largest absolute Gasteiger partial charge is 0.376 e. The second-order valence-corrected chi connectivity index (χ2v) is 3.75. The maximum absolute atomic E-state index is 10.7. The van der Waals surface area contributed by atoms with Gasteiger partial charge in [0.25, 0.3) is 0 Å². The third-order valence-electron chi connectivity index (χ3n) is 2.87. The molecule has 1 aliphatic heterocycles. The van der Waals surface area contributed by atoms with Gasteiger partial charge in [-0.05, 0) is 31.9 Å². The Morgan fingerprint density at radius 1 is 1.71 bits per heavy atom. The van der Waals surface area contributed by atoms with Crippen molar-refractivity contribution in [3.63, 3.8) is 0 Å². The Labute approximate surface area is 83.7 Å². The second-order valence-electron chi connectivity index (χ2n) is 3.75. The van der Waals surface area contributed by atoms with E-state index >= 15 is 0 Å². The smallest absolute Gasteiger partial charge is 0.166 e. The Hall–Kier alpha value is -1.09. The van der Waals surface area contributed by atoms with Gasteiger partial charge < -0.3 is 9.30 Å². The fourth-order valence-electron chi connectivity index (χ4n) is 2.04. The molecule has 1 aromatic rings. The summed E-state index contributed by atoms with van der Waals surface area (Å²) in [6.07, 6.45) is 5.33. The summed E-state index contributed by atoms with van der Waals surface area (Å²) < 4.78 is 7.59. The number of hydrogen-bond acceptors (Lipinski definition) is 2. The summed E-state index contributed by atoms with van der Waals surface area (Å²) in [4.78, 5) is 10.7. The molecule has 2 rings (SSSR count). The van der Waals surface area contributed by atoms with Crippen molar-refractivity contribution in [3.8, 4) is 0 Å². The van der Waals surface area contributed by atoms with Crippen LogP contribution in [0.4, 0.5) is 0 Å². The highest BCUT2D eigenvalue weighted by Crippen LogP contribution is 2.24. The molecule has 76 valence electrons. The molecule has 0 N–H and O–H groups in total. The minimum atomic E-state index is 0.257. The Bertz CT molecular complexity index is 313. The van der Waals surface area contributed by atoms with Gasteiger partial charge >= 0.3 is 0 Å². The van der Waals surface area contributed by atoms with Crippen LogP contribution in [0.2, 0.25) is 0 Å². The number of rotatable bonds is 3. The van der Waals surface area contributed by atoms with E-state index < -0.39 is 0 Å². The van der Waals surface area contributed by atoms with Gasteiger partial charge in [0.05, 0.1) is 17.8 Å². The van der Waals surface area contributed by atoms with E-state index in [1.807, 2.05) is 22.9 Å². The van der Waals surface area contributed by atoms with Crippen LogP contribution >= 0.6 is 0 Å². The quantitative estimate of drug-likeness (QED) is 0.688. The Balaban J connectivity index is 2.16. The molecule has 1 aliphatic rings.